The first-order valence-electron chi connectivity index (χ1n) is 3.79. The molecule has 1 heterocycles. The van der Waals surface area contributed by atoms with Gasteiger partial charge < -0.3 is 0 Å². The Bertz CT molecular complexity index is 364. The van der Waals surface area contributed by atoms with Crippen LogP contribution in [0, 0.1) is 6.92 Å². The minimum absolute atomic E-state index is 0.0891. The average Bonchev–Trinajstić information content (AvgIpc) is 2.00. The van der Waals surface area contributed by atoms with Crippen molar-refractivity contribution in [2.45, 2.75) is 19.3 Å². The lowest BCUT2D eigenvalue weighted by Gasteiger charge is -2.09. The van der Waals surface area contributed by atoms with Gasteiger partial charge in [0.2, 0.25) is 0 Å². The van der Waals surface area contributed by atoms with Crippen LogP contribution in [-0.2, 0) is 12.4 Å². The largest absolute Gasteiger partial charge is 0.422 e. The quantitative estimate of drug-likeness (QED) is 0.608. The van der Waals surface area contributed by atoms with Crippen LogP contribution in [0.1, 0.15) is 16.8 Å². The lowest BCUT2D eigenvalue weighted by atomic mass is 10.1. The summed E-state index contributed by atoms with van der Waals surface area (Å²) in [6, 6.07) is 0.0891. The predicted molar refractivity (Wildman–Crippen MR) is 37.7 cm³/mol. The van der Waals surface area contributed by atoms with Crippen molar-refractivity contribution >= 4 is 0 Å². The van der Waals surface area contributed by atoms with Crippen LogP contribution in [0.4, 0.5) is 26.3 Å². The molecule has 0 saturated heterocycles. The van der Waals surface area contributed by atoms with Gasteiger partial charge in [-0.25, -0.2) is 4.98 Å². The molecule has 1 aromatic heterocycles. The standard InChI is InChI=1S/C8H5F6N/c1-4-6(8(12,13)14)2-5(3-15-4)7(9,10)11/h2-3H,1H3/p+1. The van der Waals surface area contributed by atoms with Gasteiger partial charge in [-0.3, -0.25) is 0 Å². The number of aryl methyl sites for hydroxylation is 1. The molecule has 0 aliphatic rings. The Balaban J connectivity index is 3.30. The Hall–Kier alpha value is -1.27. The minimum atomic E-state index is -4.79. The van der Waals surface area contributed by atoms with Crippen LogP contribution in [0.2, 0.25) is 0 Å². The number of halogens is 6. The Morgan fingerprint density at radius 1 is 1.00 bits per heavy atom. The number of aromatic amines is 1. The summed E-state index contributed by atoms with van der Waals surface area (Å²) in [5.41, 5.74) is -3.01. The third kappa shape index (κ3) is 2.60. The van der Waals surface area contributed by atoms with Gasteiger partial charge in [0.1, 0.15) is 11.1 Å². The van der Waals surface area contributed by atoms with E-state index < -0.39 is 23.5 Å². The Kier molecular flexibility index (Phi) is 2.67. The van der Waals surface area contributed by atoms with E-state index >= 15 is 0 Å². The highest BCUT2D eigenvalue weighted by Gasteiger charge is 2.40. The molecule has 84 valence electrons. The molecule has 1 rings (SSSR count). The van der Waals surface area contributed by atoms with Crippen molar-refractivity contribution in [3.8, 4) is 0 Å². The molecule has 7 heteroatoms. The van der Waals surface area contributed by atoms with Gasteiger partial charge in [0.05, 0.1) is 0 Å². The molecule has 0 amide bonds. The van der Waals surface area contributed by atoms with Gasteiger partial charge in [-0.05, 0) is 6.07 Å². The van der Waals surface area contributed by atoms with E-state index in [2.05, 4.69) is 0 Å². The molecule has 0 spiro atoms. The molecule has 1 N–H and O–H groups in total. The highest BCUT2D eigenvalue weighted by Crippen LogP contribution is 2.34. The summed E-state index contributed by atoms with van der Waals surface area (Å²) in [4.78, 5) is 1.94. The van der Waals surface area contributed by atoms with E-state index in [-0.39, 0.29) is 11.8 Å². The van der Waals surface area contributed by atoms with Crippen LogP contribution < -0.4 is 4.98 Å². The fourth-order valence-corrected chi connectivity index (χ4v) is 1.03. The third-order valence-electron chi connectivity index (χ3n) is 1.78. The number of nitrogens with one attached hydrogen (secondary N) is 1. The van der Waals surface area contributed by atoms with Crippen LogP contribution >= 0.6 is 0 Å². The summed E-state index contributed by atoms with van der Waals surface area (Å²) in [5.74, 6) is 0. The van der Waals surface area contributed by atoms with Gasteiger partial charge in [-0.1, -0.05) is 0 Å². The number of rotatable bonds is 0. The zero-order valence-corrected chi connectivity index (χ0v) is 7.42. The Labute approximate surface area is 80.7 Å². The molecule has 0 fully saturated rings. The molecular formula is C8H6F6N+. The van der Waals surface area contributed by atoms with E-state index in [1.54, 1.807) is 0 Å². The van der Waals surface area contributed by atoms with Gasteiger partial charge in [-0.15, -0.1) is 0 Å². The second-order valence-corrected chi connectivity index (χ2v) is 2.92. The van der Waals surface area contributed by atoms with Crippen molar-refractivity contribution in [3.63, 3.8) is 0 Å². The van der Waals surface area contributed by atoms with Crippen LogP contribution in [0.15, 0.2) is 12.3 Å². The van der Waals surface area contributed by atoms with Crippen molar-refractivity contribution < 1.29 is 31.3 Å². The molecular weight excluding hydrogens is 224 g/mol. The van der Waals surface area contributed by atoms with Gasteiger partial charge in [0.25, 0.3) is 0 Å². The summed E-state index contributed by atoms with van der Waals surface area (Å²) in [7, 11) is 0. The van der Waals surface area contributed by atoms with Crippen molar-refractivity contribution in [2.75, 3.05) is 0 Å². The summed E-state index contributed by atoms with van der Waals surface area (Å²) >= 11 is 0. The van der Waals surface area contributed by atoms with Crippen molar-refractivity contribution in [1.82, 2.24) is 0 Å². The van der Waals surface area contributed by atoms with Crippen molar-refractivity contribution in [3.05, 3.63) is 29.1 Å². The maximum absolute atomic E-state index is 12.2. The maximum atomic E-state index is 12.2. The van der Waals surface area contributed by atoms with Crippen LogP contribution in [0.25, 0.3) is 0 Å². The van der Waals surface area contributed by atoms with E-state index in [1.165, 1.54) is 0 Å². The van der Waals surface area contributed by atoms with Crippen molar-refractivity contribution in [2.24, 2.45) is 0 Å². The molecule has 0 bridgehead atoms. The van der Waals surface area contributed by atoms with Gasteiger partial charge in [0.15, 0.2) is 11.9 Å². The lowest BCUT2D eigenvalue weighted by Crippen LogP contribution is -2.21. The number of alkyl halides is 6. The topological polar surface area (TPSA) is 14.1 Å². The van der Waals surface area contributed by atoms with Gasteiger partial charge in [-0.2, -0.15) is 26.3 Å². The lowest BCUT2D eigenvalue weighted by molar-refractivity contribution is -0.394. The summed E-state index contributed by atoms with van der Waals surface area (Å²) in [5, 5.41) is 0. The molecule has 1 aromatic rings. The van der Waals surface area contributed by atoms with E-state index in [1.807, 2.05) is 4.98 Å². The first kappa shape index (κ1) is 11.8. The molecule has 15 heavy (non-hydrogen) atoms. The number of hydrogen-bond donors (Lipinski definition) is 0. The molecule has 1 nitrogen and oxygen atoms in total. The Morgan fingerprint density at radius 2 is 1.53 bits per heavy atom. The average molecular weight is 230 g/mol. The highest BCUT2D eigenvalue weighted by atomic mass is 19.4. The van der Waals surface area contributed by atoms with Gasteiger partial charge in [0, 0.05) is 6.92 Å². The molecule has 0 aliphatic carbocycles. The van der Waals surface area contributed by atoms with E-state index in [9.17, 15) is 26.3 Å². The zero-order chi connectivity index (χ0) is 11.9. The van der Waals surface area contributed by atoms with Crippen LogP contribution in [-0.4, -0.2) is 0 Å². The van der Waals surface area contributed by atoms with E-state index in [0.29, 0.717) is 6.20 Å². The summed E-state index contributed by atoms with van der Waals surface area (Å²) < 4.78 is 73.0. The van der Waals surface area contributed by atoms with Crippen molar-refractivity contribution in [1.29, 1.82) is 0 Å². The summed E-state index contributed by atoms with van der Waals surface area (Å²) in [6.45, 7) is 1.06. The predicted octanol–water partition coefficient (Wildman–Crippen LogP) is 2.85. The zero-order valence-electron chi connectivity index (χ0n) is 7.42. The highest BCUT2D eigenvalue weighted by molar-refractivity contribution is 5.25. The number of H-pyrrole nitrogens is 1. The SMILES string of the molecule is Cc1[nH+]cc(C(F)(F)F)cc1C(F)(F)F. The van der Waals surface area contributed by atoms with Crippen LogP contribution in [0.5, 0.6) is 0 Å². The maximum Gasteiger partial charge on any atom is 0.422 e. The van der Waals surface area contributed by atoms with Crippen LogP contribution in [0.3, 0.4) is 0 Å². The summed E-state index contributed by atoms with van der Waals surface area (Å²) in [6.07, 6.45) is -9.07. The fraction of sp³-hybridized carbons (Fsp3) is 0.375. The molecule has 0 aromatic carbocycles. The second-order valence-electron chi connectivity index (χ2n) is 2.92. The van der Waals surface area contributed by atoms with Gasteiger partial charge >= 0.3 is 12.4 Å². The molecule has 0 unspecified atom stereocenters. The molecule has 0 aliphatic heterocycles. The number of pyridine rings is 1. The third-order valence-corrected chi connectivity index (χ3v) is 1.78. The van der Waals surface area contributed by atoms with E-state index in [4.69, 9.17) is 0 Å². The normalized spacial score (nSPS) is 13.0. The number of hydrogen-bond acceptors (Lipinski definition) is 0. The second kappa shape index (κ2) is 3.39. The first-order valence-corrected chi connectivity index (χ1v) is 3.79. The molecule has 0 saturated carbocycles. The Morgan fingerprint density at radius 3 is 1.93 bits per heavy atom. The minimum Gasteiger partial charge on any atom is -0.214 e. The van der Waals surface area contributed by atoms with E-state index in [0.717, 1.165) is 6.92 Å². The molecule has 0 radical (unpaired) electrons. The molecule has 0 atom stereocenters. The first-order chi connectivity index (χ1) is 6.62. The smallest absolute Gasteiger partial charge is 0.214 e. The monoisotopic (exact) mass is 230 g/mol. The fourth-order valence-electron chi connectivity index (χ4n) is 1.03. The number of aromatic nitrogens is 1.